The van der Waals surface area contributed by atoms with E-state index in [0.29, 0.717) is 0 Å². The van der Waals surface area contributed by atoms with Crippen molar-refractivity contribution < 1.29 is 9.90 Å². The number of hydrogen-bond acceptors (Lipinski definition) is 4. The Balaban J connectivity index is 0.000000640. The van der Waals surface area contributed by atoms with E-state index in [1.165, 1.54) is 5.38 Å². The molecule has 0 spiro atoms. The van der Waals surface area contributed by atoms with E-state index in [9.17, 15) is 4.79 Å². The summed E-state index contributed by atoms with van der Waals surface area (Å²) in [6.45, 7) is 0. The SMILES string of the molecule is O=C(O)c1csnn1.[NaH]. The molecule has 0 aromatic carbocycles. The van der Waals surface area contributed by atoms with Gasteiger partial charge in [0.15, 0.2) is 5.69 Å². The summed E-state index contributed by atoms with van der Waals surface area (Å²) in [7, 11) is 0. The Morgan fingerprint density at radius 3 is 2.67 bits per heavy atom. The number of aromatic nitrogens is 2. The van der Waals surface area contributed by atoms with Gasteiger partial charge in [0.05, 0.1) is 0 Å². The molecule has 0 aliphatic carbocycles. The third-order valence-electron chi connectivity index (χ3n) is 0.579. The molecule has 0 amide bonds. The molecule has 44 valence electrons. The molecule has 9 heavy (non-hydrogen) atoms. The standard InChI is InChI=1S/C3H2N2O2S.Na.H/c6-3(7)2-1-8-5-4-2;;/h1H,(H,6,7);;. The fraction of sp³-hybridized carbons (Fsp3) is 0. The molecule has 0 aliphatic rings. The van der Waals surface area contributed by atoms with E-state index in [2.05, 4.69) is 9.59 Å². The molecule has 0 aliphatic heterocycles. The average Bonchev–Trinajstić information content (AvgIpc) is 2.12. The summed E-state index contributed by atoms with van der Waals surface area (Å²) in [4.78, 5) is 9.97. The van der Waals surface area contributed by atoms with Crippen LogP contribution in [0.3, 0.4) is 0 Å². The maximum absolute atomic E-state index is 9.97. The van der Waals surface area contributed by atoms with Crippen LogP contribution in [0.25, 0.3) is 0 Å². The quantitative estimate of drug-likeness (QED) is 0.558. The van der Waals surface area contributed by atoms with Gasteiger partial charge in [-0.3, -0.25) is 0 Å². The number of rotatable bonds is 1. The van der Waals surface area contributed by atoms with Crippen molar-refractivity contribution in [3.8, 4) is 0 Å². The summed E-state index contributed by atoms with van der Waals surface area (Å²) in [5, 5.41) is 12.8. The van der Waals surface area contributed by atoms with Gasteiger partial charge in [0.25, 0.3) is 0 Å². The van der Waals surface area contributed by atoms with E-state index >= 15 is 0 Å². The van der Waals surface area contributed by atoms with Crippen molar-refractivity contribution in [2.24, 2.45) is 0 Å². The van der Waals surface area contributed by atoms with Gasteiger partial charge in [0.1, 0.15) is 0 Å². The molecule has 1 N–H and O–H groups in total. The molecule has 0 unspecified atom stereocenters. The van der Waals surface area contributed by atoms with E-state index in [1.807, 2.05) is 0 Å². The second-order valence-corrected chi connectivity index (χ2v) is 1.71. The Bertz CT molecular complexity index is 188. The number of hydrogen-bond donors (Lipinski definition) is 1. The number of nitrogens with zero attached hydrogens (tertiary/aromatic N) is 2. The van der Waals surface area contributed by atoms with Crippen molar-refractivity contribution in [1.29, 1.82) is 0 Å². The summed E-state index contributed by atoms with van der Waals surface area (Å²) in [5.41, 5.74) is 0.00926. The van der Waals surface area contributed by atoms with Gasteiger partial charge in [0.2, 0.25) is 0 Å². The van der Waals surface area contributed by atoms with Gasteiger partial charge in [-0.2, -0.15) is 0 Å². The van der Waals surface area contributed by atoms with Crippen LogP contribution in [0.4, 0.5) is 0 Å². The molecule has 4 nitrogen and oxygen atoms in total. The summed E-state index contributed by atoms with van der Waals surface area (Å²) in [5.74, 6) is -1.03. The second kappa shape index (κ2) is 3.94. The molecule has 0 atom stereocenters. The van der Waals surface area contributed by atoms with Crippen LogP contribution < -0.4 is 0 Å². The molecule has 0 saturated carbocycles. The molecular weight excluding hydrogens is 151 g/mol. The average molecular weight is 154 g/mol. The molecule has 0 bridgehead atoms. The number of carboxylic acid groups (broad SMARTS) is 1. The zero-order chi connectivity index (χ0) is 5.98. The van der Waals surface area contributed by atoms with Crippen LogP contribution in [0, 0.1) is 0 Å². The molecule has 0 saturated heterocycles. The van der Waals surface area contributed by atoms with Crippen LogP contribution in [0.15, 0.2) is 5.38 Å². The fourth-order valence-corrected chi connectivity index (χ4v) is 0.688. The van der Waals surface area contributed by atoms with Crippen LogP contribution in [0.2, 0.25) is 0 Å². The molecule has 0 radical (unpaired) electrons. The fourth-order valence-electron chi connectivity index (χ4n) is 0.258. The van der Waals surface area contributed by atoms with Crippen LogP contribution in [0.1, 0.15) is 10.5 Å². The first-order chi connectivity index (χ1) is 3.80. The van der Waals surface area contributed by atoms with Crippen molar-refractivity contribution >= 4 is 47.1 Å². The van der Waals surface area contributed by atoms with E-state index < -0.39 is 5.97 Å². The van der Waals surface area contributed by atoms with Crippen molar-refractivity contribution in [1.82, 2.24) is 9.59 Å². The van der Waals surface area contributed by atoms with Crippen molar-refractivity contribution in [2.75, 3.05) is 0 Å². The van der Waals surface area contributed by atoms with Crippen LogP contribution in [-0.2, 0) is 0 Å². The first kappa shape index (κ1) is 9.03. The van der Waals surface area contributed by atoms with Gasteiger partial charge in [0, 0.05) is 5.38 Å². The van der Waals surface area contributed by atoms with Crippen molar-refractivity contribution in [3.63, 3.8) is 0 Å². The summed E-state index contributed by atoms with van der Waals surface area (Å²) < 4.78 is 3.35. The van der Waals surface area contributed by atoms with Gasteiger partial charge in [-0.1, -0.05) is 4.49 Å². The van der Waals surface area contributed by atoms with E-state index in [1.54, 1.807) is 0 Å². The zero-order valence-electron chi connectivity index (χ0n) is 3.74. The number of aromatic carboxylic acids is 1. The van der Waals surface area contributed by atoms with E-state index in [4.69, 9.17) is 5.11 Å². The van der Waals surface area contributed by atoms with Crippen LogP contribution in [0.5, 0.6) is 0 Å². The Kier molecular flexibility index (Phi) is 3.96. The molecule has 1 aromatic rings. The third-order valence-corrected chi connectivity index (χ3v) is 1.08. The van der Waals surface area contributed by atoms with Crippen LogP contribution in [-0.4, -0.2) is 50.2 Å². The Hall–Kier alpha value is 0.0300. The number of carbonyl (C=O) groups is 1. The topological polar surface area (TPSA) is 63.1 Å². The zero-order valence-corrected chi connectivity index (χ0v) is 4.55. The van der Waals surface area contributed by atoms with E-state index in [0.717, 1.165) is 11.5 Å². The molecule has 1 rings (SSSR count). The summed E-state index contributed by atoms with van der Waals surface area (Å²) >= 11 is 1.03. The Labute approximate surface area is 77.4 Å². The first-order valence-corrected chi connectivity index (χ1v) is 2.64. The van der Waals surface area contributed by atoms with Gasteiger partial charge in [-0.15, -0.1) is 5.10 Å². The van der Waals surface area contributed by atoms with Crippen molar-refractivity contribution in [3.05, 3.63) is 11.1 Å². The Morgan fingerprint density at radius 2 is 2.44 bits per heavy atom. The van der Waals surface area contributed by atoms with Gasteiger partial charge in [-0.25, -0.2) is 4.79 Å². The van der Waals surface area contributed by atoms with Crippen LogP contribution >= 0.6 is 11.5 Å². The van der Waals surface area contributed by atoms with Gasteiger partial charge < -0.3 is 5.11 Å². The minimum atomic E-state index is -1.03. The predicted molar refractivity (Wildman–Crippen MR) is 34.0 cm³/mol. The maximum atomic E-state index is 9.97. The molecule has 6 heteroatoms. The minimum absolute atomic E-state index is 0. The van der Waals surface area contributed by atoms with Gasteiger partial charge in [-0.05, 0) is 11.5 Å². The summed E-state index contributed by atoms with van der Waals surface area (Å²) in [6, 6.07) is 0. The second-order valence-electron chi connectivity index (χ2n) is 1.10. The Morgan fingerprint density at radius 1 is 1.78 bits per heavy atom. The first-order valence-electron chi connectivity index (χ1n) is 1.81. The third kappa shape index (κ3) is 2.40. The number of carboxylic acids is 1. The normalized spacial score (nSPS) is 8.00. The molecule has 1 aromatic heterocycles. The molecule has 0 fully saturated rings. The van der Waals surface area contributed by atoms with E-state index in [-0.39, 0.29) is 35.3 Å². The molecular formula is C3H3N2NaO2S. The summed E-state index contributed by atoms with van der Waals surface area (Å²) in [6.07, 6.45) is 0. The molecule has 1 heterocycles. The van der Waals surface area contributed by atoms with Gasteiger partial charge >= 0.3 is 35.5 Å². The monoisotopic (exact) mass is 154 g/mol. The van der Waals surface area contributed by atoms with Crippen molar-refractivity contribution in [2.45, 2.75) is 0 Å². The predicted octanol–water partition coefficient (Wildman–Crippen LogP) is -0.412.